The fourth-order valence-electron chi connectivity index (χ4n) is 2.16. The number of hydrogen-bond donors (Lipinski definition) is 0. The maximum Gasteiger partial charge on any atom is 0.573 e. The van der Waals surface area contributed by atoms with E-state index in [1.54, 1.807) is 19.1 Å². The Morgan fingerprint density at radius 3 is 2.43 bits per heavy atom. The van der Waals surface area contributed by atoms with Crippen molar-refractivity contribution < 1.29 is 32.1 Å². The van der Waals surface area contributed by atoms with Gasteiger partial charge >= 0.3 is 6.36 Å². The molecule has 1 aromatic carbocycles. The number of fused-ring (bicyclic) bond motifs is 1. The molecule has 1 unspecified atom stereocenters. The van der Waals surface area contributed by atoms with Gasteiger partial charge in [0.25, 0.3) is 0 Å². The lowest BCUT2D eigenvalue weighted by Gasteiger charge is -2.36. The Balaban J connectivity index is 2.25. The van der Waals surface area contributed by atoms with Gasteiger partial charge in [-0.15, -0.1) is 13.2 Å². The lowest BCUT2D eigenvalue weighted by atomic mass is 9.99. The van der Waals surface area contributed by atoms with Gasteiger partial charge in [0, 0.05) is 19.8 Å². The summed E-state index contributed by atoms with van der Waals surface area (Å²) in [6.07, 6.45) is -2.05. The Morgan fingerprint density at radius 2 is 1.86 bits per heavy atom. The molecule has 0 N–H and O–H groups in total. The molecule has 0 saturated carbocycles. The summed E-state index contributed by atoms with van der Waals surface area (Å²) in [5.74, 6) is 0.127. The van der Waals surface area contributed by atoms with Crippen LogP contribution in [0.5, 0.6) is 11.5 Å². The van der Waals surface area contributed by atoms with Gasteiger partial charge in [-0.3, -0.25) is 0 Å². The molecule has 0 aromatic heterocycles. The van der Waals surface area contributed by atoms with Crippen molar-refractivity contribution in [3.63, 3.8) is 0 Å². The van der Waals surface area contributed by atoms with Gasteiger partial charge in [0.05, 0.1) is 0 Å². The second-order valence-electron chi connectivity index (χ2n) is 4.67. The van der Waals surface area contributed by atoms with Crippen LogP contribution in [-0.4, -0.2) is 32.5 Å². The zero-order chi connectivity index (χ0) is 15.7. The van der Waals surface area contributed by atoms with Crippen LogP contribution in [0.15, 0.2) is 24.3 Å². The van der Waals surface area contributed by atoms with Crippen molar-refractivity contribution in [3.8, 4) is 11.5 Å². The van der Waals surface area contributed by atoms with Crippen molar-refractivity contribution in [2.45, 2.75) is 25.2 Å². The van der Waals surface area contributed by atoms with Gasteiger partial charge < -0.3 is 18.9 Å². The lowest BCUT2D eigenvalue weighted by Crippen LogP contribution is -2.46. The van der Waals surface area contributed by atoms with E-state index in [0.29, 0.717) is 11.3 Å². The van der Waals surface area contributed by atoms with Crippen LogP contribution in [0.3, 0.4) is 0 Å². The maximum absolute atomic E-state index is 12.2. The smallest absolute Gasteiger partial charge is 0.478 e. The Bertz CT molecular complexity index is 538. The second-order valence-corrected chi connectivity index (χ2v) is 4.67. The monoisotopic (exact) mass is 304 g/mol. The highest BCUT2D eigenvalue weighted by Gasteiger charge is 2.38. The minimum absolute atomic E-state index is 0.298. The van der Waals surface area contributed by atoms with Crippen LogP contribution >= 0.6 is 0 Å². The largest absolute Gasteiger partial charge is 0.573 e. The van der Waals surface area contributed by atoms with Crippen molar-refractivity contribution in [2.24, 2.45) is 0 Å². The molecule has 0 fully saturated rings. The average molecular weight is 304 g/mol. The number of methoxy groups -OCH3 is 2. The van der Waals surface area contributed by atoms with E-state index < -0.39 is 18.3 Å². The highest BCUT2D eigenvalue weighted by molar-refractivity contribution is 5.63. The highest BCUT2D eigenvalue weighted by atomic mass is 19.4. The zero-order valence-corrected chi connectivity index (χ0v) is 11.7. The van der Waals surface area contributed by atoms with E-state index in [9.17, 15) is 13.2 Å². The van der Waals surface area contributed by atoms with E-state index in [-0.39, 0.29) is 5.75 Å². The molecule has 1 aromatic rings. The van der Waals surface area contributed by atoms with E-state index >= 15 is 0 Å². The summed E-state index contributed by atoms with van der Waals surface area (Å²) in [6.45, 7) is 1.75. The Morgan fingerprint density at radius 1 is 1.19 bits per heavy atom. The molecule has 0 saturated heterocycles. The zero-order valence-electron chi connectivity index (χ0n) is 11.7. The topological polar surface area (TPSA) is 36.9 Å². The van der Waals surface area contributed by atoms with Crippen LogP contribution in [0.2, 0.25) is 0 Å². The Kier molecular flexibility index (Phi) is 4.15. The summed E-state index contributed by atoms with van der Waals surface area (Å²) >= 11 is 0. The van der Waals surface area contributed by atoms with Gasteiger partial charge in [0.15, 0.2) is 5.60 Å². The number of benzene rings is 1. The van der Waals surface area contributed by atoms with Gasteiger partial charge in [0.2, 0.25) is 6.29 Å². The summed E-state index contributed by atoms with van der Waals surface area (Å²) in [4.78, 5) is 0. The van der Waals surface area contributed by atoms with Gasteiger partial charge in [-0.05, 0) is 31.2 Å². The summed E-state index contributed by atoms with van der Waals surface area (Å²) in [5, 5.41) is 0. The van der Waals surface area contributed by atoms with Crippen LogP contribution in [0.1, 0.15) is 12.5 Å². The molecule has 1 atom stereocenters. The average Bonchev–Trinajstić information content (AvgIpc) is 2.38. The molecule has 0 radical (unpaired) electrons. The predicted octanol–water partition coefficient (Wildman–Crippen LogP) is 3.37. The van der Waals surface area contributed by atoms with Gasteiger partial charge in [-0.25, -0.2) is 0 Å². The molecule has 0 bridgehead atoms. The Labute approximate surface area is 120 Å². The number of halogens is 3. The van der Waals surface area contributed by atoms with Gasteiger partial charge in [0.1, 0.15) is 11.5 Å². The van der Waals surface area contributed by atoms with Gasteiger partial charge in [-0.1, -0.05) is 6.08 Å². The normalized spacial score (nSPS) is 21.1. The second kappa shape index (κ2) is 5.57. The fraction of sp³-hybridized carbons (Fsp3) is 0.429. The minimum atomic E-state index is -4.72. The van der Waals surface area contributed by atoms with Crippen molar-refractivity contribution in [2.75, 3.05) is 14.2 Å². The SMILES string of the molecule is COC(OC)C1(C)C=Cc2cc(OC(F)(F)F)ccc2O1. The molecular weight excluding hydrogens is 289 g/mol. The van der Waals surface area contributed by atoms with E-state index in [4.69, 9.17) is 14.2 Å². The van der Waals surface area contributed by atoms with Crippen LogP contribution in [-0.2, 0) is 9.47 Å². The molecule has 1 aliphatic rings. The standard InChI is InChI=1S/C14H15F3O4/c1-13(12(18-2)19-3)7-6-9-8-10(20-14(15,16)17)4-5-11(9)21-13/h4-8,12H,1-3H3. The van der Waals surface area contributed by atoms with E-state index in [1.807, 2.05) is 0 Å². The quantitative estimate of drug-likeness (QED) is 0.799. The number of alkyl halides is 3. The molecule has 0 spiro atoms. The third-order valence-electron chi connectivity index (χ3n) is 3.03. The molecular formula is C14H15F3O4. The van der Waals surface area contributed by atoms with Crippen LogP contribution < -0.4 is 9.47 Å². The first-order chi connectivity index (χ1) is 9.77. The number of rotatable bonds is 4. The molecule has 2 rings (SSSR count). The van der Waals surface area contributed by atoms with E-state index in [0.717, 1.165) is 0 Å². The highest BCUT2D eigenvalue weighted by Crippen LogP contribution is 2.36. The summed E-state index contributed by atoms with van der Waals surface area (Å²) in [7, 11) is 2.96. The molecule has 1 aliphatic heterocycles. The van der Waals surface area contributed by atoms with Crippen molar-refractivity contribution >= 4 is 6.08 Å². The minimum Gasteiger partial charge on any atom is -0.478 e. The van der Waals surface area contributed by atoms with Crippen LogP contribution in [0.25, 0.3) is 6.08 Å². The van der Waals surface area contributed by atoms with Crippen molar-refractivity contribution in [1.29, 1.82) is 0 Å². The van der Waals surface area contributed by atoms with E-state index in [2.05, 4.69) is 4.74 Å². The van der Waals surface area contributed by atoms with Crippen molar-refractivity contribution in [3.05, 3.63) is 29.8 Å². The van der Waals surface area contributed by atoms with Crippen LogP contribution in [0, 0.1) is 0 Å². The summed E-state index contributed by atoms with van der Waals surface area (Å²) in [6, 6.07) is 3.87. The summed E-state index contributed by atoms with van der Waals surface area (Å²) < 4.78 is 56.6. The maximum atomic E-state index is 12.2. The first kappa shape index (κ1) is 15.7. The lowest BCUT2D eigenvalue weighted by molar-refractivity contribution is -0.274. The third kappa shape index (κ3) is 3.48. The summed E-state index contributed by atoms with van der Waals surface area (Å²) in [5.41, 5.74) is -0.386. The predicted molar refractivity (Wildman–Crippen MR) is 69.0 cm³/mol. The van der Waals surface area contributed by atoms with Crippen molar-refractivity contribution in [1.82, 2.24) is 0 Å². The molecule has 0 amide bonds. The molecule has 116 valence electrons. The first-order valence-corrected chi connectivity index (χ1v) is 6.11. The molecule has 0 aliphatic carbocycles. The van der Waals surface area contributed by atoms with E-state index in [1.165, 1.54) is 32.4 Å². The molecule has 1 heterocycles. The number of hydrogen-bond acceptors (Lipinski definition) is 4. The Hall–Kier alpha value is -1.73. The number of ether oxygens (including phenoxy) is 4. The molecule has 21 heavy (non-hydrogen) atoms. The molecule has 7 heteroatoms. The fourth-order valence-corrected chi connectivity index (χ4v) is 2.16. The van der Waals surface area contributed by atoms with Crippen LogP contribution in [0.4, 0.5) is 13.2 Å². The third-order valence-corrected chi connectivity index (χ3v) is 3.03. The first-order valence-electron chi connectivity index (χ1n) is 6.11. The molecule has 4 nitrogen and oxygen atoms in total. The van der Waals surface area contributed by atoms with Gasteiger partial charge in [-0.2, -0.15) is 0 Å².